The number of amides is 2. The summed E-state index contributed by atoms with van der Waals surface area (Å²) in [6, 6.07) is 6.13. The van der Waals surface area contributed by atoms with E-state index in [4.69, 9.17) is 0 Å². The van der Waals surface area contributed by atoms with E-state index in [0.717, 1.165) is 19.4 Å². The third-order valence-electron chi connectivity index (χ3n) is 5.45. The topological polar surface area (TPSA) is 87.0 Å². The number of rotatable bonds is 4. The lowest BCUT2D eigenvalue weighted by Crippen LogP contribution is -2.53. The number of nitro benzene ring substituents is 1. The van der Waals surface area contributed by atoms with Crippen LogP contribution in [0.3, 0.4) is 0 Å². The molecule has 0 aromatic heterocycles. The number of hydrogen-bond acceptors (Lipinski definition) is 5. The van der Waals surface area contributed by atoms with Gasteiger partial charge in [-0.1, -0.05) is 6.07 Å². The van der Waals surface area contributed by atoms with Crippen LogP contribution in [-0.2, 0) is 4.79 Å². The normalized spacial score (nSPS) is 21.1. The molecule has 0 spiro atoms. The van der Waals surface area contributed by atoms with Crippen molar-refractivity contribution < 1.29 is 14.5 Å². The molecule has 2 saturated heterocycles. The van der Waals surface area contributed by atoms with E-state index in [1.54, 1.807) is 11.0 Å². The molecule has 0 aliphatic carbocycles. The Morgan fingerprint density at radius 2 is 1.89 bits per heavy atom. The molecule has 1 aromatic rings. The highest BCUT2D eigenvalue weighted by molar-refractivity contribution is 5.95. The van der Waals surface area contributed by atoms with Crippen LogP contribution in [0.15, 0.2) is 24.3 Å². The summed E-state index contributed by atoms with van der Waals surface area (Å²) in [5, 5.41) is 10.9. The molecular formula is C19H26N4O4. The van der Waals surface area contributed by atoms with Crippen molar-refractivity contribution in [3.63, 3.8) is 0 Å². The van der Waals surface area contributed by atoms with E-state index in [2.05, 4.69) is 11.8 Å². The Labute approximate surface area is 158 Å². The summed E-state index contributed by atoms with van der Waals surface area (Å²) in [5.41, 5.74) is 0.247. The van der Waals surface area contributed by atoms with Gasteiger partial charge in [-0.05, 0) is 32.3 Å². The van der Waals surface area contributed by atoms with Crippen LogP contribution in [0.4, 0.5) is 5.69 Å². The van der Waals surface area contributed by atoms with Gasteiger partial charge in [0.25, 0.3) is 11.6 Å². The van der Waals surface area contributed by atoms with Crippen LogP contribution in [0.2, 0.25) is 0 Å². The first-order valence-corrected chi connectivity index (χ1v) is 9.51. The number of piperidine rings is 1. The monoisotopic (exact) mass is 374 g/mol. The fraction of sp³-hybridized carbons (Fsp3) is 0.579. The predicted octanol–water partition coefficient (Wildman–Crippen LogP) is 1.75. The molecule has 2 aliphatic rings. The molecule has 27 heavy (non-hydrogen) atoms. The van der Waals surface area contributed by atoms with Gasteiger partial charge in [-0.25, -0.2) is 0 Å². The van der Waals surface area contributed by atoms with E-state index in [1.807, 2.05) is 4.90 Å². The number of nitro groups is 1. The average Bonchev–Trinajstić information content (AvgIpc) is 2.68. The largest absolute Gasteiger partial charge is 0.339 e. The molecule has 3 rings (SSSR count). The first kappa shape index (κ1) is 19.3. The van der Waals surface area contributed by atoms with E-state index in [-0.39, 0.29) is 17.5 Å². The number of nitrogens with zero attached hydrogens (tertiary/aromatic N) is 4. The van der Waals surface area contributed by atoms with Gasteiger partial charge < -0.3 is 9.80 Å². The van der Waals surface area contributed by atoms with Crippen LogP contribution in [0, 0.1) is 10.1 Å². The van der Waals surface area contributed by atoms with Gasteiger partial charge in [-0.3, -0.25) is 24.6 Å². The van der Waals surface area contributed by atoms with Gasteiger partial charge in [0.2, 0.25) is 5.91 Å². The Bertz CT molecular complexity index is 715. The molecule has 0 radical (unpaired) electrons. The number of hydrogen-bond donors (Lipinski definition) is 0. The van der Waals surface area contributed by atoms with Crippen molar-refractivity contribution in [1.29, 1.82) is 0 Å². The maximum atomic E-state index is 12.6. The first-order valence-electron chi connectivity index (χ1n) is 9.51. The molecule has 2 aliphatic heterocycles. The zero-order valence-corrected chi connectivity index (χ0v) is 15.7. The van der Waals surface area contributed by atoms with Crippen LogP contribution in [0.1, 0.15) is 36.5 Å². The number of likely N-dealkylation sites (tertiary alicyclic amines) is 1. The zero-order chi connectivity index (χ0) is 19.4. The van der Waals surface area contributed by atoms with Crippen molar-refractivity contribution >= 4 is 17.5 Å². The third-order valence-corrected chi connectivity index (χ3v) is 5.45. The van der Waals surface area contributed by atoms with Crippen molar-refractivity contribution in [3.8, 4) is 0 Å². The summed E-state index contributed by atoms with van der Waals surface area (Å²) >= 11 is 0. The van der Waals surface area contributed by atoms with Crippen LogP contribution >= 0.6 is 0 Å². The van der Waals surface area contributed by atoms with Crippen molar-refractivity contribution in [3.05, 3.63) is 39.9 Å². The average molecular weight is 374 g/mol. The predicted molar refractivity (Wildman–Crippen MR) is 100 cm³/mol. The molecule has 8 nitrogen and oxygen atoms in total. The van der Waals surface area contributed by atoms with Crippen molar-refractivity contribution in [2.75, 3.05) is 39.3 Å². The fourth-order valence-electron chi connectivity index (χ4n) is 3.79. The van der Waals surface area contributed by atoms with Crippen LogP contribution < -0.4 is 0 Å². The Morgan fingerprint density at radius 1 is 1.15 bits per heavy atom. The van der Waals surface area contributed by atoms with Crippen LogP contribution in [0.25, 0.3) is 0 Å². The highest BCUT2D eigenvalue weighted by atomic mass is 16.6. The van der Waals surface area contributed by atoms with E-state index in [0.29, 0.717) is 44.3 Å². The van der Waals surface area contributed by atoms with Crippen LogP contribution in [-0.4, -0.2) is 76.7 Å². The molecule has 2 amide bonds. The molecule has 146 valence electrons. The number of benzene rings is 1. The molecule has 1 unspecified atom stereocenters. The Balaban J connectivity index is 1.52. The highest BCUT2D eigenvalue weighted by Crippen LogP contribution is 2.18. The van der Waals surface area contributed by atoms with Gasteiger partial charge in [0.05, 0.1) is 11.5 Å². The molecular weight excluding hydrogens is 348 g/mol. The fourth-order valence-corrected chi connectivity index (χ4v) is 3.79. The summed E-state index contributed by atoms with van der Waals surface area (Å²) in [6.45, 7) is 5.64. The van der Waals surface area contributed by atoms with Crippen molar-refractivity contribution in [2.45, 2.75) is 32.2 Å². The van der Waals surface area contributed by atoms with Crippen molar-refractivity contribution in [1.82, 2.24) is 14.7 Å². The zero-order valence-electron chi connectivity index (χ0n) is 15.7. The SMILES string of the molecule is CC1CCCCN1C(=O)CN1CCN(C(=O)c2cccc([N+](=O)[O-])c2)CC1. The quantitative estimate of drug-likeness (QED) is 0.592. The number of piperazine rings is 1. The minimum absolute atomic E-state index is 0.0827. The maximum Gasteiger partial charge on any atom is 0.270 e. The molecule has 0 N–H and O–H groups in total. The second kappa shape index (κ2) is 8.47. The van der Waals surface area contributed by atoms with E-state index >= 15 is 0 Å². The number of carbonyl (C=O) groups is 2. The maximum absolute atomic E-state index is 12.6. The van der Waals surface area contributed by atoms with Crippen LogP contribution in [0.5, 0.6) is 0 Å². The molecule has 8 heteroatoms. The lowest BCUT2D eigenvalue weighted by Gasteiger charge is -2.38. The van der Waals surface area contributed by atoms with E-state index < -0.39 is 4.92 Å². The van der Waals surface area contributed by atoms with Gasteiger partial charge in [0, 0.05) is 56.5 Å². The first-order chi connectivity index (χ1) is 13.0. The van der Waals surface area contributed by atoms with Gasteiger partial charge in [0.15, 0.2) is 0 Å². The summed E-state index contributed by atoms with van der Waals surface area (Å²) in [7, 11) is 0. The van der Waals surface area contributed by atoms with E-state index in [9.17, 15) is 19.7 Å². The summed E-state index contributed by atoms with van der Waals surface area (Å²) in [4.78, 5) is 41.3. The van der Waals surface area contributed by atoms with Gasteiger partial charge in [-0.2, -0.15) is 0 Å². The molecule has 0 bridgehead atoms. The second-order valence-electron chi connectivity index (χ2n) is 7.31. The Kier molecular flexibility index (Phi) is 6.05. The third kappa shape index (κ3) is 4.63. The summed E-state index contributed by atoms with van der Waals surface area (Å²) in [6.07, 6.45) is 3.32. The molecule has 2 heterocycles. The van der Waals surface area contributed by atoms with Gasteiger partial charge in [0.1, 0.15) is 0 Å². The van der Waals surface area contributed by atoms with E-state index in [1.165, 1.54) is 24.6 Å². The number of non-ortho nitro benzene ring substituents is 1. The van der Waals surface area contributed by atoms with Gasteiger partial charge in [-0.15, -0.1) is 0 Å². The molecule has 1 aromatic carbocycles. The summed E-state index contributed by atoms with van der Waals surface area (Å²) in [5.74, 6) is -0.0324. The Hall–Kier alpha value is -2.48. The lowest BCUT2D eigenvalue weighted by molar-refractivity contribution is -0.384. The molecule has 2 fully saturated rings. The minimum Gasteiger partial charge on any atom is -0.339 e. The number of carbonyl (C=O) groups excluding carboxylic acids is 2. The summed E-state index contributed by atoms with van der Waals surface area (Å²) < 4.78 is 0. The lowest BCUT2D eigenvalue weighted by atomic mass is 10.0. The smallest absolute Gasteiger partial charge is 0.270 e. The highest BCUT2D eigenvalue weighted by Gasteiger charge is 2.28. The van der Waals surface area contributed by atoms with Crippen molar-refractivity contribution in [2.24, 2.45) is 0 Å². The minimum atomic E-state index is -0.498. The molecule has 1 atom stereocenters. The molecule has 0 saturated carbocycles. The second-order valence-corrected chi connectivity index (χ2v) is 7.31. The standard InChI is InChI=1S/C19H26N4O4/c1-15-5-2-3-8-22(15)18(24)14-20-9-11-21(12-10-20)19(25)16-6-4-7-17(13-16)23(26)27/h4,6-7,13,15H,2-3,5,8-12,14H2,1H3. The Morgan fingerprint density at radius 3 is 2.56 bits per heavy atom. The van der Waals surface area contributed by atoms with Gasteiger partial charge >= 0.3 is 0 Å².